The molecule has 0 unspecified atom stereocenters. The summed E-state index contributed by atoms with van der Waals surface area (Å²) in [6, 6.07) is 7.80. The molecule has 0 spiro atoms. The molecule has 8 heteroatoms. The maximum Gasteiger partial charge on any atom is 0.225 e. The third-order valence-electron chi connectivity index (χ3n) is 5.32. The summed E-state index contributed by atoms with van der Waals surface area (Å²) in [5.74, 6) is 1.52. The van der Waals surface area contributed by atoms with Crippen LogP contribution < -0.4 is 19.5 Å². The second kappa shape index (κ2) is 11.2. The molecule has 0 aliphatic carbocycles. The van der Waals surface area contributed by atoms with Gasteiger partial charge in [-0.2, -0.15) is 0 Å². The number of benzene rings is 1. The van der Waals surface area contributed by atoms with Crippen molar-refractivity contribution in [2.75, 3.05) is 65.9 Å². The first kappa shape index (κ1) is 22.4. The largest absolute Gasteiger partial charge is 0.493 e. The van der Waals surface area contributed by atoms with Crippen LogP contribution in [0.5, 0.6) is 17.2 Å². The Hall–Kier alpha value is -2.29. The van der Waals surface area contributed by atoms with Crippen LogP contribution in [-0.2, 0) is 11.2 Å². The van der Waals surface area contributed by atoms with Crippen molar-refractivity contribution in [2.45, 2.75) is 12.8 Å². The Morgan fingerprint density at radius 1 is 1.00 bits per heavy atom. The van der Waals surface area contributed by atoms with Crippen LogP contribution in [0.3, 0.4) is 0 Å². The smallest absolute Gasteiger partial charge is 0.225 e. The molecule has 1 aromatic carbocycles. The molecule has 1 aliphatic rings. The molecule has 0 radical (unpaired) electrons. The molecule has 0 bridgehead atoms. The Morgan fingerprint density at radius 3 is 2.17 bits per heavy atom. The number of thiophene rings is 1. The zero-order chi connectivity index (χ0) is 21.3. The van der Waals surface area contributed by atoms with E-state index < -0.39 is 0 Å². The zero-order valence-corrected chi connectivity index (χ0v) is 18.8. The van der Waals surface area contributed by atoms with Gasteiger partial charge in [-0.15, -0.1) is 11.3 Å². The van der Waals surface area contributed by atoms with Crippen molar-refractivity contribution in [3.8, 4) is 17.2 Å². The number of carbonyl (C=O) groups excluding carboxylic acids is 1. The fourth-order valence-corrected chi connectivity index (χ4v) is 4.29. The molecular weight excluding hydrogens is 402 g/mol. The summed E-state index contributed by atoms with van der Waals surface area (Å²) in [5.41, 5.74) is 0.632. The van der Waals surface area contributed by atoms with Crippen LogP contribution in [0.15, 0.2) is 29.6 Å². The van der Waals surface area contributed by atoms with Gasteiger partial charge in [-0.05, 0) is 17.9 Å². The standard InChI is InChI=1S/C22H31N3O4S/c1-27-19-15-17(16-20(28-2)22(19)29-3)23-21(26)7-9-25-12-10-24(11-13-25)8-6-18-5-4-14-30-18/h4-5,14-16H,6-13H2,1-3H3,(H,23,26). The Balaban J connectivity index is 1.42. The highest BCUT2D eigenvalue weighted by molar-refractivity contribution is 7.09. The van der Waals surface area contributed by atoms with Crippen LogP contribution >= 0.6 is 11.3 Å². The third kappa shape index (κ3) is 6.10. The summed E-state index contributed by atoms with van der Waals surface area (Å²) < 4.78 is 16.0. The van der Waals surface area contributed by atoms with E-state index in [-0.39, 0.29) is 5.91 Å². The molecule has 1 aliphatic heterocycles. The summed E-state index contributed by atoms with van der Waals surface area (Å²) in [7, 11) is 4.67. The van der Waals surface area contributed by atoms with Crippen LogP contribution in [-0.4, -0.2) is 76.3 Å². The molecule has 0 saturated carbocycles. The number of hydrogen-bond donors (Lipinski definition) is 1. The summed E-state index contributed by atoms with van der Waals surface area (Å²) in [6.45, 7) is 5.98. The van der Waals surface area contributed by atoms with E-state index in [0.29, 0.717) is 29.4 Å². The minimum Gasteiger partial charge on any atom is -0.493 e. The van der Waals surface area contributed by atoms with E-state index in [4.69, 9.17) is 14.2 Å². The van der Waals surface area contributed by atoms with Gasteiger partial charge in [0.15, 0.2) is 11.5 Å². The third-order valence-corrected chi connectivity index (χ3v) is 6.26. The number of ether oxygens (including phenoxy) is 3. The molecule has 2 aromatic rings. The number of rotatable bonds is 10. The maximum absolute atomic E-state index is 12.4. The number of amides is 1. The fraction of sp³-hybridized carbons (Fsp3) is 0.500. The molecule has 164 valence electrons. The molecule has 7 nitrogen and oxygen atoms in total. The highest BCUT2D eigenvalue weighted by Crippen LogP contribution is 2.39. The summed E-state index contributed by atoms with van der Waals surface area (Å²) in [5, 5.41) is 5.07. The van der Waals surface area contributed by atoms with Gasteiger partial charge in [0.1, 0.15) is 0 Å². The van der Waals surface area contributed by atoms with Gasteiger partial charge in [-0.1, -0.05) is 6.07 Å². The van der Waals surface area contributed by atoms with E-state index in [2.05, 4.69) is 32.6 Å². The van der Waals surface area contributed by atoms with Crippen molar-refractivity contribution < 1.29 is 19.0 Å². The average Bonchev–Trinajstić information content (AvgIpc) is 3.30. The maximum atomic E-state index is 12.4. The topological polar surface area (TPSA) is 63.3 Å². The number of methoxy groups -OCH3 is 3. The van der Waals surface area contributed by atoms with Crippen LogP contribution in [0.4, 0.5) is 5.69 Å². The number of nitrogens with one attached hydrogen (secondary N) is 1. The fourth-order valence-electron chi connectivity index (χ4n) is 3.60. The second-order valence-corrected chi connectivity index (χ2v) is 8.26. The molecule has 1 N–H and O–H groups in total. The van der Waals surface area contributed by atoms with Gasteiger partial charge in [-0.3, -0.25) is 4.79 Å². The second-order valence-electron chi connectivity index (χ2n) is 7.22. The van der Waals surface area contributed by atoms with E-state index in [1.165, 1.54) is 4.88 Å². The van der Waals surface area contributed by atoms with E-state index in [0.717, 1.165) is 45.7 Å². The predicted octanol–water partition coefficient (Wildman–Crippen LogP) is 2.96. The van der Waals surface area contributed by atoms with Crippen molar-refractivity contribution >= 4 is 22.9 Å². The number of hydrogen-bond acceptors (Lipinski definition) is 7. The molecule has 1 amide bonds. The number of carbonyl (C=O) groups is 1. The molecular formula is C22H31N3O4S. The lowest BCUT2D eigenvalue weighted by atomic mass is 10.2. The quantitative estimate of drug-likeness (QED) is 0.622. The summed E-state index contributed by atoms with van der Waals surface area (Å²) in [4.78, 5) is 18.8. The minimum absolute atomic E-state index is 0.0237. The molecule has 1 saturated heterocycles. The highest BCUT2D eigenvalue weighted by atomic mass is 32.1. The molecule has 0 atom stereocenters. The van der Waals surface area contributed by atoms with E-state index in [1.807, 2.05) is 11.3 Å². The molecule has 1 aromatic heterocycles. The van der Waals surface area contributed by atoms with Crippen LogP contribution in [0.1, 0.15) is 11.3 Å². The van der Waals surface area contributed by atoms with Crippen molar-refractivity contribution in [3.63, 3.8) is 0 Å². The van der Waals surface area contributed by atoms with Crippen molar-refractivity contribution in [1.29, 1.82) is 0 Å². The number of anilines is 1. The van der Waals surface area contributed by atoms with Gasteiger partial charge in [-0.25, -0.2) is 0 Å². The predicted molar refractivity (Wildman–Crippen MR) is 120 cm³/mol. The lowest BCUT2D eigenvalue weighted by Crippen LogP contribution is -2.47. The average molecular weight is 434 g/mol. The van der Waals surface area contributed by atoms with E-state index >= 15 is 0 Å². The monoisotopic (exact) mass is 433 g/mol. The number of piperazine rings is 1. The van der Waals surface area contributed by atoms with Gasteiger partial charge in [0.05, 0.1) is 21.3 Å². The Labute approximate surface area is 182 Å². The van der Waals surface area contributed by atoms with E-state index in [9.17, 15) is 4.79 Å². The highest BCUT2D eigenvalue weighted by Gasteiger charge is 2.18. The van der Waals surface area contributed by atoms with Crippen LogP contribution in [0.2, 0.25) is 0 Å². The van der Waals surface area contributed by atoms with Gasteiger partial charge in [0, 0.05) is 68.4 Å². The van der Waals surface area contributed by atoms with Crippen molar-refractivity contribution in [1.82, 2.24) is 9.80 Å². The number of nitrogens with zero attached hydrogens (tertiary/aromatic N) is 2. The normalized spacial score (nSPS) is 15.0. The molecule has 2 heterocycles. The van der Waals surface area contributed by atoms with Crippen LogP contribution in [0.25, 0.3) is 0 Å². The van der Waals surface area contributed by atoms with Gasteiger partial charge in [0.25, 0.3) is 0 Å². The Bertz CT molecular complexity index is 780. The molecule has 3 rings (SSSR count). The van der Waals surface area contributed by atoms with Crippen LogP contribution in [0, 0.1) is 0 Å². The first-order valence-electron chi connectivity index (χ1n) is 10.2. The van der Waals surface area contributed by atoms with Gasteiger partial charge in [0.2, 0.25) is 11.7 Å². The van der Waals surface area contributed by atoms with Gasteiger partial charge < -0.3 is 29.3 Å². The minimum atomic E-state index is -0.0237. The van der Waals surface area contributed by atoms with Crippen molar-refractivity contribution in [3.05, 3.63) is 34.5 Å². The van der Waals surface area contributed by atoms with E-state index in [1.54, 1.807) is 33.5 Å². The first-order valence-corrected chi connectivity index (χ1v) is 11.1. The lowest BCUT2D eigenvalue weighted by molar-refractivity contribution is -0.116. The summed E-state index contributed by atoms with van der Waals surface area (Å²) >= 11 is 1.83. The molecule has 1 fully saturated rings. The first-order chi connectivity index (χ1) is 14.6. The SMILES string of the molecule is COc1cc(NC(=O)CCN2CCN(CCc3cccs3)CC2)cc(OC)c1OC. The Morgan fingerprint density at radius 2 is 1.63 bits per heavy atom. The Kier molecular flexibility index (Phi) is 8.36. The lowest BCUT2D eigenvalue weighted by Gasteiger charge is -2.34. The summed E-state index contributed by atoms with van der Waals surface area (Å²) in [6.07, 6.45) is 1.57. The van der Waals surface area contributed by atoms with Crippen molar-refractivity contribution in [2.24, 2.45) is 0 Å². The zero-order valence-electron chi connectivity index (χ0n) is 18.0. The van der Waals surface area contributed by atoms with Gasteiger partial charge >= 0.3 is 0 Å². The molecule has 30 heavy (non-hydrogen) atoms.